The Morgan fingerprint density at radius 1 is 1.09 bits per heavy atom. The highest BCUT2D eigenvalue weighted by Crippen LogP contribution is 2.31. The number of fused-ring (bicyclic) bond motifs is 1. The van der Waals surface area contributed by atoms with Crippen LogP contribution in [0.5, 0.6) is 0 Å². The first-order chi connectivity index (χ1) is 10.9. The minimum atomic E-state index is 0.158. The average molecular weight is 307 g/mol. The molecule has 1 unspecified atom stereocenters. The van der Waals surface area contributed by atoms with Gasteiger partial charge in [0.25, 0.3) is 0 Å². The molecule has 0 spiro atoms. The molecule has 3 aromatic rings. The monoisotopic (exact) mass is 307 g/mol. The second-order valence-electron chi connectivity index (χ2n) is 7.24. The highest BCUT2D eigenvalue weighted by molar-refractivity contribution is 5.67. The summed E-state index contributed by atoms with van der Waals surface area (Å²) in [7, 11) is 0. The fourth-order valence-electron chi connectivity index (χ4n) is 2.94. The van der Waals surface area contributed by atoms with Crippen molar-refractivity contribution in [3.05, 3.63) is 59.9 Å². The molecular formula is C20H25N3. The molecule has 0 aliphatic heterocycles. The third-order valence-electron chi connectivity index (χ3n) is 4.41. The van der Waals surface area contributed by atoms with E-state index in [1.54, 1.807) is 0 Å². The van der Waals surface area contributed by atoms with Crippen molar-refractivity contribution in [1.29, 1.82) is 0 Å². The lowest BCUT2D eigenvalue weighted by Gasteiger charge is -2.19. The van der Waals surface area contributed by atoms with Crippen LogP contribution in [0.15, 0.2) is 48.7 Å². The molecule has 0 fully saturated rings. The van der Waals surface area contributed by atoms with Crippen LogP contribution in [0.4, 0.5) is 0 Å². The number of rotatable bonds is 3. The average Bonchev–Trinajstić information content (AvgIpc) is 2.93. The molecule has 2 heterocycles. The zero-order valence-electron chi connectivity index (χ0n) is 14.4. The van der Waals surface area contributed by atoms with E-state index in [1.807, 2.05) is 18.2 Å². The molecule has 23 heavy (non-hydrogen) atoms. The summed E-state index contributed by atoms with van der Waals surface area (Å²) in [4.78, 5) is 4.85. The summed E-state index contributed by atoms with van der Waals surface area (Å²) in [6, 6.07) is 14.9. The topological polar surface area (TPSA) is 43.3 Å². The molecule has 2 N–H and O–H groups in total. The second-order valence-corrected chi connectivity index (χ2v) is 7.24. The summed E-state index contributed by atoms with van der Waals surface area (Å²) in [5.41, 5.74) is 11.8. The maximum absolute atomic E-state index is 5.94. The van der Waals surface area contributed by atoms with E-state index < -0.39 is 0 Å². The van der Waals surface area contributed by atoms with Gasteiger partial charge in [-0.05, 0) is 23.1 Å². The number of nitrogens with zero attached hydrogens (tertiary/aromatic N) is 2. The van der Waals surface area contributed by atoms with Gasteiger partial charge in [0.2, 0.25) is 0 Å². The molecule has 0 saturated carbocycles. The summed E-state index contributed by atoms with van der Waals surface area (Å²) >= 11 is 0. The van der Waals surface area contributed by atoms with E-state index in [-0.39, 0.29) is 11.3 Å². The van der Waals surface area contributed by atoms with Crippen molar-refractivity contribution in [3.8, 4) is 11.3 Å². The molecule has 3 rings (SSSR count). The highest BCUT2D eigenvalue weighted by atomic mass is 15.0. The Kier molecular flexibility index (Phi) is 3.99. The van der Waals surface area contributed by atoms with Gasteiger partial charge in [0.15, 0.2) is 0 Å². The fourth-order valence-corrected chi connectivity index (χ4v) is 2.94. The Hall–Kier alpha value is -2.13. The third kappa shape index (κ3) is 2.89. The summed E-state index contributed by atoms with van der Waals surface area (Å²) in [6.07, 6.45) is 2.07. The minimum Gasteiger partial charge on any atom is -0.330 e. The maximum atomic E-state index is 5.94. The van der Waals surface area contributed by atoms with Crippen molar-refractivity contribution < 1.29 is 0 Å². The summed E-state index contributed by atoms with van der Waals surface area (Å²) in [5.74, 6) is 0.254. The van der Waals surface area contributed by atoms with Crippen LogP contribution in [0.25, 0.3) is 16.9 Å². The molecule has 0 aliphatic rings. The molecule has 0 saturated heterocycles. The van der Waals surface area contributed by atoms with Crippen molar-refractivity contribution in [2.24, 2.45) is 5.73 Å². The van der Waals surface area contributed by atoms with Gasteiger partial charge in [-0.1, -0.05) is 58.0 Å². The number of pyridine rings is 1. The van der Waals surface area contributed by atoms with Gasteiger partial charge in [-0.25, -0.2) is 4.98 Å². The number of hydrogen-bond acceptors (Lipinski definition) is 2. The summed E-state index contributed by atoms with van der Waals surface area (Å²) < 4.78 is 2.16. The van der Waals surface area contributed by atoms with E-state index in [2.05, 4.69) is 62.6 Å². The number of benzene rings is 1. The molecule has 0 radical (unpaired) electrons. The van der Waals surface area contributed by atoms with Gasteiger partial charge in [-0.2, -0.15) is 0 Å². The molecule has 0 aliphatic carbocycles. The Labute approximate surface area is 138 Å². The van der Waals surface area contributed by atoms with Gasteiger partial charge >= 0.3 is 0 Å². The van der Waals surface area contributed by atoms with E-state index in [0.717, 1.165) is 16.9 Å². The first-order valence-corrected chi connectivity index (χ1v) is 8.20. The number of imidazole rings is 1. The molecule has 0 amide bonds. The lowest BCUT2D eigenvalue weighted by atomic mass is 9.86. The molecule has 0 bridgehead atoms. The standard InChI is InChI=1S/C20H25N3/c1-14(13-21)19-18(22-17-7-5-6-12-23(17)19)15-8-10-16(11-9-15)20(2,3)4/h5-12,14H,13,21H2,1-4H3. The molecule has 1 atom stereocenters. The van der Waals surface area contributed by atoms with Gasteiger partial charge < -0.3 is 10.1 Å². The molecule has 2 aromatic heterocycles. The Bertz CT molecular complexity index is 807. The normalized spacial score (nSPS) is 13.4. The second kappa shape index (κ2) is 5.82. The predicted molar refractivity (Wildman–Crippen MR) is 96.8 cm³/mol. The summed E-state index contributed by atoms with van der Waals surface area (Å²) in [5, 5.41) is 0. The van der Waals surface area contributed by atoms with Gasteiger partial charge in [0, 0.05) is 24.2 Å². The largest absolute Gasteiger partial charge is 0.330 e. The third-order valence-corrected chi connectivity index (χ3v) is 4.41. The lowest BCUT2D eigenvalue weighted by Crippen LogP contribution is -2.12. The van der Waals surface area contributed by atoms with Gasteiger partial charge in [0.05, 0.1) is 11.4 Å². The van der Waals surface area contributed by atoms with E-state index in [1.165, 1.54) is 11.3 Å². The molecule has 1 aromatic carbocycles. The fraction of sp³-hybridized carbons (Fsp3) is 0.350. The van der Waals surface area contributed by atoms with Crippen molar-refractivity contribution >= 4 is 5.65 Å². The minimum absolute atomic E-state index is 0.158. The van der Waals surface area contributed by atoms with Crippen molar-refractivity contribution in [2.75, 3.05) is 6.54 Å². The number of hydrogen-bond donors (Lipinski definition) is 1. The zero-order chi connectivity index (χ0) is 16.6. The maximum Gasteiger partial charge on any atom is 0.137 e. The highest BCUT2D eigenvalue weighted by Gasteiger charge is 2.19. The van der Waals surface area contributed by atoms with E-state index >= 15 is 0 Å². The van der Waals surface area contributed by atoms with Crippen LogP contribution in [-0.4, -0.2) is 15.9 Å². The van der Waals surface area contributed by atoms with Crippen molar-refractivity contribution in [3.63, 3.8) is 0 Å². The van der Waals surface area contributed by atoms with Gasteiger partial charge in [-0.3, -0.25) is 0 Å². The predicted octanol–water partition coefficient (Wildman–Crippen LogP) is 4.36. The quantitative estimate of drug-likeness (QED) is 0.781. The van der Waals surface area contributed by atoms with Crippen LogP contribution >= 0.6 is 0 Å². The van der Waals surface area contributed by atoms with Gasteiger partial charge in [-0.15, -0.1) is 0 Å². The van der Waals surface area contributed by atoms with Gasteiger partial charge in [0.1, 0.15) is 5.65 Å². The number of aromatic nitrogens is 2. The molecule has 3 nitrogen and oxygen atoms in total. The molecular weight excluding hydrogens is 282 g/mol. The van der Waals surface area contributed by atoms with Crippen LogP contribution in [0.2, 0.25) is 0 Å². The van der Waals surface area contributed by atoms with Crippen molar-refractivity contribution in [2.45, 2.75) is 39.0 Å². The Morgan fingerprint density at radius 3 is 2.39 bits per heavy atom. The lowest BCUT2D eigenvalue weighted by molar-refractivity contribution is 0.590. The smallest absolute Gasteiger partial charge is 0.137 e. The van der Waals surface area contributed by atoms with Crippen LogP contribution in [0.1, 0.15) is 44.9 Å². The van der Waals surface area contributed by atoms with E-state index in [4.69, 9.17) is 10.7 Å². The summed E-state index contributed by atoms with van der Waals surface area (Å²) in [6.45, 7) is 9.46. The van der Waals surface area contributed by atoms with Crippen LogP contribution in [-0.2, 0) is 5.41 Å². The van der Waals surface area contributed by atoms with Crippen molar-refractivity contribution in [1.82, 2.24) is 9.38 Å². The molecule has 120 valence electrons. The zero-order valence-corrected chi connectivity index (χ0v) is 14.4. The van der Waals surface area contributed by atoms with E-state index in [0.29, 0.717) is 6.54 Å². The Morgan fingerprint density at radius 2 is 1.78 bits per heavy atom. The van der Waals surface area contributed by atoms with Crippen LogP contribution < -0.4 is 5.73 Å². The SMILES string of the molecule is CC(CN)c1c(-c2ccc(C(C)(C)C)cc2)nc2ccccn12. The first kappa shape index (κ1) is 15.8. The van der Waals surface area contributed by atoms with E-state index in [9.17, 15) is 0 Å². The first-order valence-electron chi connectivity index (χ1n) is 8.20. The van der Waals surface area contributed by atoms with Crippen LogP contribution in [0, 0.1) is 0 Å². The molecule has 3 heteroatoms. The number of nitrogens with two attached hydrogens (primary N) is 1. The Balaban J connectivity index is 2.15. The van der Waals surface area contributed by atoms with Crippen LogP contribution in [0.3, 0.4) is 0 Å².